The number of rotatable bonds is 3. The van der Waals surface area contributed by atoms with Gasteiger partial charge >= 0.3 is 0 Å². The maximum atomic E-state index is 5.87. The molecule has 2 heterocycles. The van der Waals surface area contributed by atoms with Gasteiger partial charge in [-0.2, -0.15) is 0 Å². The number of hydrogen-bond donors (Lipinski definition) is 2. The average Bonchev–Trinajstić information content (AvgIpc) is 2.89. The summed E-state index contributed by atoms with van der Waals surface area (Å²) in [6, 6.07) is 7.65. The van der Waals surface area contributed by atoms with Crippen molar-refractivity contribution in [1.29, 1.82) is 0 Å². The maximum Gasteiger partial charge on any atom is 0.169 e. The molecular weight excluding hydrogens is 246 g/mol. The van der Waals surface area contributed by atoms with Crippen molar-refractivity contribution in [2.45, 2.75) is 6.54 Å². The first-order chi connectivity index (χ1) is 8.83. The summed E-state index contributed by atoms with van der Waals surface area (Å²) in [7, 11) is 0. The molecule has 0 saturated heterocycles. The second-order valence-corrected chi connectivity index (χ2v) is 4.50. The number of nitrogens with one attached hydrogen (secondary N) is 1. The van der Waals surface area contributed by atoms with Gasteiger partial charge in [-0.15, -0.1) is 11.3 Å². The van der Waals surface area contributed by atoms with Gasteiger partial charge in [-0.25, -0.2) is 15.0 Å². The van der Waals surface area contributed by atoms with E-state index in [1.807, 2.05) is 29.6 Å². The van der Waals surface area contributed by atoms with Crippen LogP contribution in [0.25, 0.3) is 11.0 Å². The Kier molecular flexibility index (Phi) is 2.77. The van der Waals surface area contributed by atoms with Gasteiger partial charge in [-0.3, -0.25) is 0 Å². The molecule has 0 fully saturated rings. The van der Waals surface area contributed by atoms with Crippen LogP contribution in [0.3, 0.4) is 0 Å². The largest absolute Gasteiger partial charge is 0.381 e. The molecule has 3 N–H and O–H groups in total. The molecule has 0 spiro atoms. The van der Waals surface area contributed by atoms with Gasteiger partial charge in [0.2, 0.25) is 0 Å². The van der Waals surface area contributed by atoms with Crippen molar-refractivity contribution in [3.05, 3.63) is 40.8 Å². The van der Waals surface area contributed by atoms with Crippen molar-refractivity contribution in [2.75, 3.05) is 11.1 Å². The van der Waals surface area contributed by atoms with E-state index in [2.05, 4.69) is 20.3 Å². The Hall–Kier alpha value is -2.21. The number of anilines is 2. The highest BCUT2D eigenvalue weighted by molar-refractivity contribution is 7.07. The number of aromatic nitrogens is 3. The molecule has 0 radical (unpaired) electrons. The summed E-state index contributed by atoms with van der Waals surface area (Å²) in [6.45, 7) is 0.598. The van der Waals surface area contributed by atoms with Crippen LogP contribution in [-0.2, 0) is 6.54 Å². The summed E-state index contributed by atoms with van der Waals surface area (Å²) in [5.74, 6) is 1.01. The zero-order valence-corrected chi connectivity index (χ0v) is 10.3. The first-order valence-electron chi connectivity index (χ1n) is 5.46. The predicted molar refractivity (Wildman–Crippen MR) is 73.4 cm³/mol. The highest BCUT2D eigenvalue weighted by atomic mass is 32.1. The molecule has 0 saturated carbocycles. The molecule has 3 aromatic rings. The second kappa shape index (κ2) is 4.58. The molecule has 0 aliphatic carbocycles. The van der Waals surface area contributed by atoms with Crippen LogP contribution in [0.2, 0.25) is 0 Å². The first kappa shape index (κ1) is 10.9. The van der Waals surface area contributed by atoms with Crippen molar-refractivity contribution in [2.24, 2.45) is 0 Å². The third-order valence-electron chi connectivity index (χ3n) is 2.52. The highest BCUT2D eigenvalue weighted by Crippen LogP contribution is 2.18. The molecule has 0 aliphatic heterocycles. The predicted octanol–water partition coefficient (Wildman–Crippen LogP) is 2.28. The Morgan fingerprint density at radius 1 is 1.17 bits per heavy atom. The number of nitrogens with two attached hydrogens (primary N) is 1. The van der Waals surface area contributed by atoms with E-state index in [-0.39, 0.29) is 0 Å². The smallest absolute Gasteiger partial charge is 0.169 e. The fourth-order valence-corrected chi connectivity index (χ4v) is 2.20. The second-order valence-electron chi connectivity index (χ2n) is 3.78. The molecule has 18 heavy (non-hydrogen) atoms. The van der Waals surface area contributed by atoms with Crippen LogP contribution in [0.15, 0.2) is 35.2 Å². The van der Waals surface area contributed by atoms with Crippen LogP contribution in [0.1, 0.15) is 5.69 Å². The molecule has 2 aromatic heterocycles. The van der Waals surface area contributed by atoms with Gasteiger partial charge in [0.1, 0.15) is 0 Å². The van der Waals surface area contributed by atoms with Crippen molar-refractivity contribution in [1.82, 2.24) is 15.0 Å². The minimum Gasteiger partial charge on any atom is -0.381 e. The number of hydrogen-bond acceptors (Lipinski definition) is 6. The minimum absolute atomic E-state index is 0.406. The standard InChI is InChI=1S/C12H11N5S/c13-11-12(14-5-8-6-18-7-15-8)17-10-4-2-1-3-9(10)16-11/h1-4,6-7H,5H2,(H2,13,16)(H,14,17). The molecule has 3 rings (SSSR count). The van der Waals surface area contributed by atoms with Gasteiger partial charge < -0.3 is 11.1 Å². The molecule has 0 amide bonds. The van der Waals surface area contributed by atoms with Crippen molar-refractivity contribution >= 4 is 34.0 Å². The normalized spacial score (nSPS) is 10.7. The Bertz CT molecular complexity index is 665. The van der Waals surface area contributed by atoms with E-state index < -0.39 is 0 Å². The SMILES string of the molecule is Nc1nc2ccccc2nc1NCc1cscn1. The van der Waals surface area contributed by atoms with Gasteiger partial charge in [-0.1, -0.05) is 12.1 Å². The monoisotopic (exact) mass is 257 g/mol. The summed E-state index contributed by atoms with van der Waals surface area (Å²) in [4.78, 5) is 13.0. The molecule has 0 atom stereocenters. The number of thiazole rings is 1. The lowest BCUT2D eigenvalue weighted by Gasteiger charge is -2.07. The highest BCUT2D eigenvalue weighted by Gasteiger charge is 2.05. The van der Waals surface area contributed by atoms with E-state index in [0.29, 0.717) is 18.2 Å². The minimum atomic E-state index is 0.406. The van der Waals surface area contributed by atoms with Crippen LogP contribution in [0.5, 0.6) is 0 Å². The Labute approximate surface area is 108 Å². The Morgan fingerprint density at radius 2 is 1.94 bits per heavy atom. The van der Waals surface area contributed by atoms with Crippen LogP contribution in [0, 0.1) is 0 Å². The quantitative estimate of drug-likeness (QED) is 0.752. The first-order valence-corrected chi connectivity index (χ1v) is 6.40. The molecule has 6 heteroatoms. The number of para-hydroxylation sites is 2. The summed E-state index contributed by atoms with van der Waals surface area (Å²) in [5, 5.41) is 5.14. The van der Waals surface area contributed by atoms with Crippen molar-refractivity contribution in [3.8, 4) is 0 Å². The summed E-state index contributed by atoms with van der Waals surface area (Å²) in [6.07, 6.45) is 0. The van der Waals surface area contributed by atoms with Gasteiger partial charge in [-0.05, 0) is 12.1 Å². The van der Waals surface area contributed by atoms with E-state index in [1.54, 1.807) is 16.8 Å². The fourth-order valence-electron chi connectivity index (χ4n) is 1.64. The number of nitrogens with zero attached hydrogens (tertiary/aromatic N) is 3. The molecule has 90 valence electrons. The van der Waals surface area contributed by atoms with E-state index in [4.69, 9.17) is 5.73 Å². The van der Waals surface area contributed by atoms with Gasteiger partial charge in [0.05, 0.1) is 28.8 Å². The van der Waals surface area contributed by atoms with E-state index in [9.17, 15) is 0 Å². The topological polar surface area (TPSA) is 76.7 Å². The van der Waals surface area contributed by atoms with Crippen LogP contribution in [-0.4, -0.2) is 15.0 Å². The van der Waals surface area contributed by atoms with E-state index >= 15 is 0 Å². The maximum absolute atomic E-state index is 5.87. The Balaban J connectivity index is 1.89. The van der Waals surface area contributed by atoms with E-state index in [0.717, 1.165) is 16.7 Å². The molecule has 0 aliphatic rings. The summed E-state index contributed by atoms with van der Waals surface area (Å²) in [5.41, 5.74) is 10.3. The van der Waals surface area contributed by atoms with E-state index in [1.165, 1.54) is 0 Å². The van der Waals surface area contributed by atoms with Gasteiger partial charge in [0.15, 0.2) is 11.6 Å². The number of nitrogen functional groups attached to an aromatic ring is 1. The third kappa shape index (κ3) is 2.10. The zero-order chi connectivity index (χ0) is 12.4. The molecular formula is C12H11N5S. The van der Waals surface area contributed by atoms with Crippen LogP contribution < -0.4 is 11.1 Å². The van der Waals surface area contributed by atoms with Gasteiger partial charge in [0.25, 0.3) is 0 Å². The lowest BCUT2D eigenvalue weighted by atomic mass is 10.3. The Morgan fingerprint density at radius 3 is 2.67 bits per heavy atom. The molecule has 5 nitrogen and oxygen atoms in total. The van der Waals surface area contributed by atoms with Gasteiger partial charge in [0, 0.05) is 5.38 Å². The fraction of sp³-hybridized carbons (Fsp3) is 0.0833. The zero-order valence-electron chi connectivity index (χ0n) is 9.50. The molecule has 0 bridgehead atoms. The lowest BCUT2D eigenvalue weighted by molar-refractivity contribution is 1.05. The van der Waals surface area contributed by atoms with Crippen molar-refractivity contribution in [3.63, 3.8) is 0 Å². The number of fused-ring (bicyclic) bond motifs is 1. The van der Waals surface area contributed by atoms with Crippen LogP contribution >= 0.6 is 11.3 Å². The number of benzene rings is 1. The average molecular weight is 257 g/mol. The molecule has 1 aromatic carbocycles. The lowest BCUT2D eigenvalue weighted by Crippen LogP contribution is -2.06. The molecule has 0 unspecified atom stereocenters. The third-order valence-corrected chi connectivity index (χ3v) is 3.15. The summed E-state index contributed by atoms with van der Waals surface area (Å²) < 4.78 is 0. The summed E-state index contributed by atoms with van der Waals surface area (Å²) >= 11 is 1.56. The van der Waals surface area contributed by atoms with Crippen molar-refractivity contribution < 1.29 is 0 Å². The van der Waals surface area contributed by atoms with Crippen LogP contribution in [0.4, 0.5) is 11.6 Å².